The minimum atomic E-state index is -0.00297. The zero-order valence-electron chi connectivity index (χ0n) is 21.1. The second-order valence-electron chi connectivity index (χ2n) is 9.65. The van der Waals surface area contributed by atoms with Crippen LogP contribution in [0.2, 0.25) is 0 Å². The van der Waals surface area contributed by atoms with Gasteiger partial charge in [0.05, 0.1) is 6.04 Å². The third-order valence-corrected chi connectivity index (χ3v) is 6.78. The van der Waals surface area contributed by atoms with Crippen molar-refractivity contribution in [2.45, 2.75) is 155 Å². The van der Waals surface area contributed by atoms with Crippen LogP contribution in [-0.4, -0.2) is 22.8 Å². The first-order chi connectivity index (χ1) is 15.1. The highest BCUT2D eigenvalue weighted by molar-refractivity contribution is 6.02. The standard InChI is InChI=1S/C28H51NO2/c1-4-6-8-10-12-13-14-15-16-17-19-21-25(3)26(22-20-18-11-9-7-5-2)29-27(30)23-24-28(29)31/h21,26H,4-20,22-24H2,1-3H3/b25-21+. The van der Waals surface area contributed by atoms with E-state index in [1.807, 2.05) is 0 Å². The Morgan fingerprint density at radius 2 is 1.13 bits per heavy atom. The second-order valence-corrected chi connectivity index (χ2v) is 9.65. The quantitative estimate of drug-likeness (QED) is 0.110. The fourth-order valence-electron chi connectivity index (χ4n) is 4.72. The van der Waals surface area contributed by atoms with Crippen molar-refractivity contribution in [3.63, 3.8) is 0 Å². The van der Waals surface area contributed by atoms with Crippen LogP contribution in [0.15, 0.2) is 11.6 Å². The van der Waals surface area contributed by atoms with Gasteiger partial charge in [0, 0.05) is 12.8 Å². The minimum Gasteiger partial charge on any atom is -0.275 e. The fraction of sp³-hybridized carbons (Fsp3) is 0.857. The summed E-state index contributed by atoms with van der Waals surface area (Å²) in [5.41, 5.74) is 1.23. The van der Waals surface area contributed by atoms with Gasteiger partial charge < -0.3 is 0 Å². The van der Waals surface area contributed by atoms with Gasteiger partial charge in [-0.1, -0.05) is 122 Å². The SMILES string of the molecule is CCCCCCCCCCCC/C=C(\C)C(CCCCCCCC)N1C(=O)CCC1=O. The molecule has 0 aliphatic carbocycles. The lowest BCUT2D eigenvalue weighted by atomic mass is 9.97. The highest BCUT2D eigenvalue weighted by Gasteiger charge is 2.35. The molecule has 3 nitrogen and oxygen atoms in total. The predicted molar refractivity (Wildman–Crippen MR) is 133 cm³/mol. The van der Waals surface area contributed by atoms with Crippen molar-refractivity contribution in [2.24, 2.45) is 0 Å². The van der Waals surface area contributed by atoms with Crippen molar-refractivity contribution >= 4 is 11.8 Å². The molecular weight excluding hydrogens is 382 g/mol. The van der Waals surface area contributed by atoms with Crippen LogP contribution in [0, 0.1) is 0 Å². The molecular formula is C28H51NO2. The number of hydrogen-bond donors (Lipinski definition) is 0. The van der Waals surface area contributed by atoms with Crippen molar-refractivity contribution in [1.82, 2.24) is 4.90 Å². The summed E-state index contributed by atoms with van der Waals surface area (Å²) in [4.78, 5) is 26.3. The van der Waals surface area contributed by atoms with Gasteiger partial charge in [0.2, 0.25) is 11.8 Å². The van der Waals surface area contributed by atoms with E-state index in [0.29, 0.717) is 12.8 Å². The van der Waals surface area contributed by atoms with E-state index in [0.717, 1.165) is 19.3 Å². The molecule has 1 rings (SSSR count). The van der Waals surface area contributed by atoms with Crippen LogP contribution in [0.5, 0.6) is 0 Å². The number of likely N-dealkylation sites (tertiary alicyclic amines) is 1. The molecule has 1 aliphatic heterocycles. The molecule has 1 heterocycles. The Labute approximate surface area is 193 Å². The van der Waals surface area contributed by atoms with E-state index in [4.69, 9.17) is 0 Å². The van der Waals surface area contributed by atoms with Gasteiger partial charge in [-0.25, -0.2) is 0 Å². The number of rotatable bonds is 20. The molecule has 0 spiro atoms. The molecule has 0 aromatic rings. The van der Waals surface area contributed by atoms with Gasteiger partial charge in [0.25, 0.3) is 0 Å². The van der Waals surface area contributed by atoms with E-state index in [-0.39, 0.29) is 17.9 Å². The van der Waals surface area contributed by atoms with E-state index in [1.54, 1.807) is 4.90 Å². The molecule has 1 aliphatic rings. The Hall–Kier alpha value is -1.12. The van der Waals surface area contributed by atoms with Gasteiger partial charge >= 0.3 is 0 Å². The molecule has 0 saturated carbocycles. The zero-order chi connectivity index (χ0) is 22.7. The maximum atomic E-state index is 12.3. The molecule has 180 valence electrons. The van der Waals surface area contributed by atoms with E-state index >= 15 is 0 Å². The number of imide groups is 1. The maximum Gasteiger partial charge on any atom is 0.230 e. The van der Waals surface area contributed by atoms with Crippen LogP contribution in [0.3, 0.4) is 0 Å². The van der Waals surface area contributed by atoms with Crippen LogP contribution in [0.4, 0.5) is 0 Å². The molecule has 3 heteroatoms. The molecule has 0 aromatic heterocycles. The first-order valence-electron chi connectivity index (χ1n) is 13.6. The first kappa shape index (κ1) is 27.9. The number of unbranched alkanes of at least 4 members (excludes halogenated alkanes) is 15. The van der Waals surface area contributed by atoms with Crippen molar-refractivity contribution < 1.29 is 9.59 Å². The predicted octanol–water partition coefficient (Wildman–Crippen LogP) is 8.51. The van der Waals surface area contributed by atoms with Crippen LogP contribution in [-0.2, 0) is 9.59 Å². The van der Waals surface area contributed by atoms with Gasteiger partial charge in [-0.05, 0) is 26.2 Å². The normalized spacial score (nSPS) is 15.8. The molecule has 1 fully saturated rings. The monoisotopic (exact) mass is 433 g/mol. The first-order valence-corrected chi connectivity index (χ1v) is 13.6. The molecule has 0 radical (unpaired) electrons. The number of nitrogens with zero attached hydrogens (tertiary/aromatic N) is 1. The largest absolute Gasteiger partial charge is 0.275 e. The van der Waals surface area contributed by atoms with Crippen molar-refractivity contribution in [2.75, 3.05) is 0 Å². The average molecular weight is 434 g/mol. The minimum absolute atomic E-state index is 0.00297. The molecule has 1 unspecified atom stereocenters. The van der Waals surface area contributed by atoms with Gasteiger partial charge in [0.15, 0.2) is 0 Å². The number of carbonyl (C=O) groups is 2. The zero-order valence-corrected chi connectivity index (χ0v) is 21.1. The van der Waals surface area contributed by atoms with Crippen LogP contribution in [0.1, 0.15) is 149 Å². The Morgan fingerprint density at radius 3 is 1.61 bits per heavy atom. The third-order valence-electron chi connectivity index (χ3n) is 6.78. The van der Waals surface area contributed by atoms with E-state index in [1.165, 1.54) is 102 Å². The lowest BCUT2D eigenvalue weighted by molar-refractivity contribution is -0.140. The Balaban J connectivity index is 2.33. The summed E-state index contributed by atoms with van der Waals surface area (Å²) in [6.45, 7) is 6.65. The molecule has 0 bridgehead atoms. The van der Waals surface area contributed by atoms with Crippen LogP contribution >= 0.6 is 0 Å². The molecule has 31 heavy (non-hydrogen) atoms. The molecule has 1 saturated heterocycles. The second kappa shape index (κ2) is 18.5. The number of allylic oxidation sites excluding steroid dienone is 1. The van der Waals surface area contributed by atoms with Crippen molar-refractivity contribution in [3.05, 3.63) is 11.6 Å². The Bertz CT molecular complexity index is 495. The van der Waals surface area contributed by atoms with Crippen LogP contribution in [0.25, 0.3) is 0 Å². The highest BCUT2D eigenvalue weighted by Crippen LogP contribution is 2.25. The van der Waals surface area contributed by atoms with E-state index in [9.17, 15) is 9.59 Å². The molecule has 1 atom stereocenters. The Kier molecular flexibility index (Phi) is 16.6. The van der Waals surface area contributed by atoms with E-state index < -0.39 is 0 Å². The van der Waals surface area contributed by atoms with Crippen molar-refractivity contribution in [3.8, 4) is 0 Å². The summed E-state index contributed by atoms with van der Waals surface area (Å²) in [6, 6.07) is -0.00297. The smallest absolute Gasteiger partial charge is 0.230 e. The number of hydrogen-bond acceptors (Lipinski definition) is 2. The molecule has 0 aromatic carbocycles. The summed E-state index contributed by atoms with van der Waals surface area (Å²) < 4.78 is 0. The third kappa shape index (κ3) is 12.5. The van der Waals surface area contributed by atoms with Gasteiger partial charge in [0.1, 0.15) is 0 Å². The van der Waals surface area contributed by atoms with Gasteiger partial charge in [-0.15, -0.1) is 0 Å². The average Bonchev–Trinajstić information content (AvgIpc) is 3.09. The summed E-state index contributed by atoms with van der Waals surface area (Å²) in [5.74, 6) is 0.0698. The van der Waals surface area contributed by atoms with Crippen molar-refractivity contribution in [1.29, 1.82) is 0 Å². The summed E-state index contributed by atoms with van der Waals surface area (Å²) in [5, 5.41) is 0. The Morgan fingerprint density at radius 1 is 0.710 bits per heavy atom. The van der Waals surface area contributed by atoms with E-state index in [2.05, 4.69) is 26.8 Å². The lowest BCUT2D eigenvalue weighted by Gasteiger charge is -2.27. The van der Waals surface area contributed by atoms with Crippen LogP contribution < -0.4 is 0 Å². The van der Waals surface area contributed by atoms with Gasteiger partial charge in [-0.2, -0.15) is 0 Å². The van der Waals surface area contributed by atoms with Gasteiger partial charge in [-0.3, -0.25) is 14.5 Å². The highest BCUT2D eigenvalue weighted by atomic mass is 16.2. The molecule has 0 N–H and O–H groups in total. The molecule has 2 amide bonds. The topological polar surface area (TPSA) is 37.4 Å². The summed E-state index contributed by atoms with van der Waals surface area (Å²) >= 11 is 0. The lowest BCUT2D eigenvalue weighted by Crippen LogP contribution is -2.40. The summed E-state index contributed by atoms with van der Waals surface area (Å²) in [6.07, 6.45) is 26.1. The number of carbonyl (C=O) groups excluding carboxylic acids is 2. The fourth-order valence-corrected chi connectivity index (χ4v) is 4.72. The number of amides is 2. The maximum absolute atomic E-state index is 12.3. The summed E-state index contributed by atoms with van der Waals surface area (Å²) in [7, 11) is 0.